The SMILES string of the molecule is C/C=C/C(C)(C)C[C@H]1[C@H](C(=O)O)[C@@H](c2ccc3c(c2)CCO3)CN1CC(=O)N(c1ccc(F)c(C)c1)C(CCC)CCC. The standard InChI is InChI=1S/C36H49FN2O4/c1-7-10-27(11-8-2)39(28-13-14-30(37)24(4)19-28)33(40)23-38-22-29(25-12-15-32-26(20-25)16-18-43-32)34(35(41)42)31(38)21-36(5,6)17-9-3/h9,12-15,17,19-20,27,29,31,34H,7-8,10-11,16,18,21-23H2,1-6H3,(H,41,42)/b17-9+/t29-,31+,34-/m1/s1. The maximum Gasteiger partial charge on any atom is 0.308 e. The second-order valence-corrected chi connectivity index (χ2v) is 13.1. The minimum absolute atomic E-state index is 0.0179. The molecule has 0 radical (unpaired) electrons. The van der Waals surface area contributed by atoms with Crippen LogP contribution in [0.2, 0.25) is 0 Å². The number of ether oxygens (including phenoxy) is 1. The van der Waals surface area contributed by atoms with Crippen molar-refractivity contribution in [1.29, 1.82) is 0 Å². The third kappa shape index (κ3) is 7.49. The van der Waals surface area contributed by atoms with Gasteiger partial charge < -0.3 is 14.7 Å². The number of rotatable bonds is 13. The lowest BCUT2D eigenvalue weighted by molar-refractivity contribution is -0.143. The number of carboxylic acids is 1. The molecule has 0 aromatic heterocycles. The van der Waals surface area contributed by atoms with Gasteiger partial charge in [-0.05, 0) is 79.5 Å². The fourth-order valence-electron chi connectivity index (χ4n) is 7.24. The van der Waals surface area contributed by atoms with E-state index in [1.807, 2.05) is 30.0 Å². The molecular weight excluding hydrogens is 543 g/mol. The van der Waals surface area contributed by atoms with E-state index >= 15 is 0 Å². The molecule has 0 unspecified atom stereocenters. The lowest BCUT2D eigenvalue weighted by atomic mass is 9.77. The average molecular weight is 593 g/mol. The zero-order valence-corrected chi connectivity index (χ0v) is 26.7. The first-order chi connectivity index (χ1) is 20.5. The smallest absolute Gasteiger partial charge is 0.308 e. The molecule has 1 amide bonds. The Bertz CT molecular complexity index is 1320. The number of likely N-dealkylation sites (tertiary alicyclic amines) is 1. The van der Waals surface area contributed by atoms with E-state index in [-0.39, 0.29) is 41.7 Å². The minimum Gasteiger partial charge on any atom is -0.493 e. The van der Waals surface area contributed by atoms with Gasteiger partial charge in [0.15, 0.2) is 0 Å². The summed E-state index contributed by atoms with van der Waals surface area (Å²) >= 11 is 0. The predicted molar refractivity (Wildman–Crippen MR) is 170 cm³/mol. The van der Waals surface area contributed by atoms with Crippen LogP contribution in [0.1, 0.15) is 89.3 Å². The van der Waals surface area contributed by atoms with Crippen LogP contribution < -0.4 is 9.64 Å². The molecule has 0 spiro atoms. The van der Waals surface area contributed by atoms with Crippen LogP contribution in [0.15, 0.2) is 48.6 Å². The Morgan fingerprint density at radius 1 is 1.16 bits per heavy atom. The van der Waals surface area contributed by atoms with Gasteiger partial charge in [0.1, 0.15) is 11.6 Å². The molecule has 6 nitrogen and oxygen atoms in total. The molecule has 4 rings (SSSR count). The van der Waals surface area contributed by atoms with Crippen molar-refractivity contribution in [3.63, 3.8) is 0 Å². The minimum atomic E-state index is -0.834. The van der Waals surface area contributed by atoms with Gasteiger partial charge in [-0.15, -0.1) is 0 Å². The maximum absolute atomic E-state index is 14.4. The van der Waals surface area contributed by atoms with Gasteiger partial charge in [0.2, 0.25) is 5.91 Å². The Labute approximate surface area is 256 Å². The molecule has 43 heavy (non-hydrogen) atoms. The van der Waals surface area contributed by atoms with Gasteiger partial charge in [-0.25, -0.2) is 4.39 Å². The molecular formula is C36H49FN2O4. The summed E-state index contributed by atoms with van der Waals surface area (Å²) in [5.74, 6) is -1.25. The summed E-state index contributed by atoms with van der Waals surface area (Å²) < 4.78 is 20.0. The van der Waals surface area contributed by atoms with Crippen LogP contribution in [-0.4, -0.2) is 53.7 Å². The van der Waals surface area contributed by atoms with E-state index in [2.05, 4.69) is 44.7 Å². The number of carbonyl (C=O) groups is 2. The number of benzene rings is 2. The van der Waals surface area contributed by atoms with Crippen molar-refractivity contribution in [2.24, 2.45) is 11.3 Å². The van der Waals surface area contributed by atoms with Crippen LogP contribution >= 0.6 is 0 Å². The summed E-state index contributed by atoms with van der Waals surface area (Å²) in [6, 6.07) is 10.6. The number of nitrogens with zero attached hydrogens (tertiary/aromatic N) is 2. The number of amides is 1. The highest BCUT2D eigenvalue weighted by atomic mass is 19.1. The number of hydrogen-bond donors (Lipinski definition) is 1. The van der Waals surface area contributed by atoms with E-state index in [0.29, 0.717) is 30.8 Å². The van der Waals surface area contributed by atoms with Gasteiger partial charge in [-0.3, -0.25) is 14.5 Å². The Morgan fingerprint density at radius 2 is 1.88 bits per heavy atom. The first-order valence-corrected chi connectivity index (χ1v) is 15.9. The van der Waals surface area contributed by atoms with Crippen molar-refractivity contribution < 1.29 is 23.8 Å². The second kappa shape index (κ2) is 14.1. The van der Waals surface area contributed by atoms with Crippen LogP contribution in [0.3, 0.4) is 0 Å². The molecule has 0 bridgehead atoms. The maximum atomic E-state index is 14.4. The van der Waals surface area contributed by atoms with Gasteiger partial charge >= 0.3 is 5.97 Å². The molecule has 0 saturated carbocycles. The molecule has 1 fully saturated rings. The largest absolute Gasteiger partial charge is 0.493 e. The van der Waals surface area contributed by atoms with Crippen LogP contribution in [0.25, 0.3) is 0 Å². The van der Waals surface area contributed by atoms with Crippen LogP contribution in [0.5, 0.6) is 5.75 Å². The summed E-state index contributed by atoms with van der Waals surface area (Å²) in [6.07, 6.45) is 9.07. The first kappa shape index (κ1) is 32.7. The number of carbonyl (C=O) groups excluding carboxylic acids is 1. The molecule has 0 aliphatic carbocycles. The number of allylic oxidation sites excluding steroid dienone is 2. The van der Waals surface area contributed by atoms with E-state index in [0.717, 1.165) is 49.0 Å². The first-order valence-electron chi connectivity index (χ1n) is 15.9. The van der Waals surface area contributed by atoms with E-state index in [1.54, 1.807) is 19.1 Å². The Hall–Kier alpha value is -3.19. The monoisotopic (exact) mass is 592 g/mol. The van der Waals surface area contributed by atoms with E-state index < -0.39 is 11.9 Å². The molecule has 1 N–H and O–H groups in total. The fourth-order valence-corrected chi connectivity index (χ4v) is 7.24. The van der Waals surface area contributed by atoms with Crippen molar-refractivity contribution in [2.45, 2.75) is 98.1 Å². The van der Waals surface area contributed by atoms with Crippen molar-refractivity contribution in [3.05, 3.63) is 71.1 Å². The quantitative estimate of drug-likeness (QED) is 0.244. The van der Waals surface area contributed by atoms with Crippen molar-refractivity contribution in [1.82, 2.24) is 4.90 Å². The third-order valence-electron chi connectivity index (χ3n) is 9.16. The van der Waals surface area contributed by atoms with Gasteiger partial charge in [-0.1, -0.05) is 64.8 Å². The summed E-state index contributed by atoms with van der Waals surface area (Å²) in [5, 5.41) is 10.7. The normalized spacial score (nSPS) is 20.5. The molecule has 7 heteroatoms. The number of carboxylic acid groups (broad SMARTS) is 1. The number of anilines is 1. The highest BCUT2D eigenvalue weighted by molar-refractivity contribution is 5.95. The average Bonchev–Trinajstić information content (AvgIpc) is 3.55. The van der Waals surface area contributed by atoms with Crippen LogP contribution in [0, 0.1) is 24.1 Å². The molecule has 2 aliphatic heterocycles. The lowest BCUT2D eigenvalue weighted by Crippen LogP contribution is -2.48. The number of halogens is 1. The van der Waals surface area contributed by atoms with Crippen LogP contribution in [-0.2, 0) is 16.0 Å². The summed E-state index contributed by atoms with van der Waals surface area (Å²) in [4.78, 5) is 31.4. The molecule has 234 valence electrons. The molecule has 2 aromatic carbocycles. The third-order valence-corrected chi connectivity index (χ3v) is 9.16. The summed E-state index contributed by atoms with van der Waals surface area (Å²) in [5.41, 5.74) is 3.05. The topological polar surface area (TPSA) is 70.1 Å². The zero-order valence-electron chi connectivity index (χ0n) is 26.7. The Morgan fingerprint density at radius 3 is 2.51 bits per heavy atom. The second-order valence-electron chi connectivity index (χ2n) is 13.1. The molecule has 2 heterocycles. The number of hydrogen-bond acceptors (Lipinski definition) is 4. The lowest BCUT2D eigenvalue weighted by Gasteiger charge is -2.36. The van der Waals surface area contributed by atoms with Gasteiger partial charge in [0.05, 0.1) is 19.1 Å². The van der Waals surface area contributed by atoms with Gasteiger partial charge in [0, 0.05) is 36.7 Å². The van der Waals surface area contributed by atoms with Crippen LogP contribution in [0.4, 0.5) is 10.1 Å². The molecule has 3 atom stereocenters. The fraction of sp³-hybridized carbons (Fsp3) is 0.556. The molecule has 2 aliphatic rings. The molecule has 2 aromatic rings. The number of aryl methyl sites for hydroxylation is 1. The van der Waals surface area contributed by atoms with Crippen molar-refractivity contribution in [2.75, 3.05) is 24.6 Å². The molecule has 1 saturated heterocycles. The Kier molecular flexibility index (Phi) is 10.7. The van der Waals surface area contributed by atoms with Gasteiger partial charge in [-0.2, -0.15) is 0 Å². The van der Waals surface area contributed by atoms with E-state index in [1.165, 1.54) is 6.07 Å². The number of aliphatic carboxylic acids is 1. The van der Waals surface area contributed by atoms with E-state index in [4.69, 9.17) is 4.74 Å². The van der Waals surface area contributed by atoms with Crippen molar-refractivity contribution >= 4 is 17.6 Å². The van der Waals surface area contributed by atoms with E-state index in [9.17, 15) is 19.1 Å². The highest BCUT2D eigenvalue weighted by Crippen LogP contribution is 2.44. The summed E-state index contributed by atoms with van der Waals surface area (Å²) in [7, 11) is 0. The Balaban J connectivity index is 1.73. The zero-order chi connectivity index (χ0) is 31.3. The highest BCUT2D eigenvalue weighted by Gasteiger charge is 2.49. The predicted octanol–water partition coefficient (Wildman–Crippen LogP) is 7.53. The van der Waals surface area contributed by atoms with Gasteiger partial charge in [0.25, 0.3) is 0 Å². The summed E-state index contributed by atoms with van der Waals surface area (Å²) in [6.45, 7) is 13.4. The number of fused-ring (bicyclic) bond motifs is 1. The van der Waals surface area contributed by atoms with Crippen molar-refractivity contribution in [3.8, 4) is 5.75 Å².